The van der Waals surface area contributed by atoms with E-state index in [4.69, 9.17) is 24.1 Å². The van der Waals surface area contributed by atoms with Crippen LogP contribution in [-0.2, 0) is 44.2 Å². The van der Waals surface area contributed by atoms with Crippen molar-refractivity contribution in [1.29, 1.82) is 0 Å². The highest BCUT2D eigenvalue weighted by Gasteiger charge is 2.49. The minimum Gasteiger partial charge on any atom is -0.449 e. The van der Waals surface area contributed by atoms with Crippen LogP contribution in [0.2, 0.25) is 0 Å². The predicted molar refractivity (Wildman–Crippen MR) is 219 cm³/mol. The van der Waals surface area contributed by atoms with E-state index in [0.717, 1.165) is 42.7 Å². The summed E-state index contributed by atoms with van der Waals surface area (Å²) < 4.78 is 84.2. The monoisotopic (exact) mass is 903 g/mol. The molecule has 0 aromatic heterocycles. The summed E-state index contributed by atoms with van der Waals surface area (Å²) >= 11 is 0.966. The third-order valence-corrected chi connectivity index (χ3v) is 12.9. The van der Waals surface area contributed by atoms with Crippen LogP contribution in [0.5, 0.6) is 0 Å². The molecular formula is C35H65N7O14S3. The molecule has 1 saturated carbocycles. The summed E-state index contributed by atoms with van der Waals surface area (Å²) in [7, 11) is -8.84. The van der Waals surface area contributed by atoms with E-state index in [2.05, 4.69) is 31.0 Å². The van der Waals surface area contributed by atoms with E-state index >= 15 is 0 Å². The fraction of sp³-hybridized carbons (Fsp3) is 0.829. The van der Waals surface area contributed by atoms with Gasteiger partial charge < -0.3 is 34.1 Å². The fourth-order valence-electron chi connectivity index (χ4n) is 6.13. The Kier molecular flexibility index (Phi) is 20.1. The maximum atomic E-state index is 13.8. The number of carbonyl (C=O) groups is 4. The number of rotatable bonds is 25. The third-order valence-electron chi connectivity index (χ3n) is 9.45. The summed E-state index contributed by atoms with van der Waals surface area (Å²) in [6.07, 6.45) is 5.90. The van der Waals surface area contributed by atoms with Crippen molar-refractivity contribution < 1.29 is 65.2 Å². The molecule has 59 heavy (non-hydrogen) atoms. The summed E-state index contributed by atoms with van der Waals surface area (Å²) in [5.74, 6) is 0.955. The average Bonchev–Trinajstić information content (AvgIpc) is 3.72. The SMILES string of the molecule is CC(C)(CCOC(C)(C)C(=O)N(CCOC(=O)NS(=O)(=O)NC(C)(C)CO)CCOC(=O)NS(=O)(=O)NC(C)(C)CCO)NSNC(=O)OCC1[C@H]2CC/C=C\CC[C@@H]12. The van der Waals surface area contributed by atoms with Gasteiger partial charge >= 0.3 is 38.7 Å². The summed E-state index contributed by atoms with van der Waals surface area (Å²) in [4.78, 5) is 51.9. The smallest absolute Gasteiger partial charge is 0.421 e. The fourth-order valence-corrected chi connectivity index (χ4v) is 8.99. The lowest BCUT2D eigenvalue weighted by atomic mass is 10.0. The van der Waals surface area contributed by atoms with Gasteiger partial charge in [0.25, 0.3) is 5.91 Å². The van der Waals surface area contributed by atoms with Crippen molar-refractivity contribution in [3.8, 4) is 0 Å². The van der Waals surface area contributed by atoms with Crippen LogP contribution in [-0.4, -0.2) is 131 Å². The summed E-state index contributed by atoms with van der Waals surface area (Å²) in [5, 5.41) is 18.5. The third kappa shape index (κ3) is 20.4. The minimum atomic E-state index is -4.44. The Bertz CT molecular complexity index is 1640. The first-order chi connectivity index (χ1) is 27.2. The molecule has 4 amide bonds. The summed E-state index contributed by atoms with van der Waals surface area (Å²) in [5.41, 5.74) is -4.48. The van der Waals surface area contributed by atoms with Gasteiger partial charge in [0.05, 0.1) is 31.8 Å². The number of nitrogens with zero attached hydrogens (tertiary/aromatic N) is 1. The van der Waals surface area contributed by atoms with Crippen LogP contribution in [0.25, 0.3) is 0 Å². The number of carbonyl (C=O) groups excluding carboxylic acids is 4. The zero-order valence-electron chi connectivity index (χ0n) is 35.3. The molecule has 0 saturated heterocycles. The van der Waals surface area contributed by atoms with Crippen LogP contribution in [0.3, 0.4) is 0 Å². The second kappa shape index (κ2) is 22.8. The lowest BCUT2D eigenvalue weighted by molar-refractivity contribution is -0.155. The molecule has 24 heteroatoms. The highest BCUT2D eigenvalue weighted by atomic mass is 32.2. The topological polar surface area (TPSA) is 289 Å². The van der Waals surface area contributed by atoms with Gasteiger partial charge in [-0.15, -0.1) is 0 Å². The van der Waals surface area contributed by atoms with Crippen molar-refractivity contribution in [2.24, 2.45) is 17.8 Å². The lowest BCUT2D eigenvalue weighted by Crippen LogP contribution is -2.52. The van der Waals surface area contributed by atoms with Crippen LogP contribution in [0.4, 0.5) is 14.4 Å². The first-order valence-electron chi connectivity index (χ1n) is 19.4. The number of hydrogen-bond donors (Lipinski definition) is 8. The average molecular weight is 904 g/mol. The molecule has 1 fully saturated rings. The molecule has 0 aromatic rings. The van der Waals surface area contributed by atoms with E-state index in [0.29, 0.717) is 30.8 Å². The zero-order chi connectivity index (χ0) is 44.7. The maximum absolute atomic E-state index is 13.8. The van der Waals surface area contributed by atoms with Gasteiger partial charge in [-0.05, 0) is 112 Å². The quantitative estimate of drug-likeness (QED) is 0.0368. The van der Waals surface area contributed by atoms with Gasteiger partial charge in [0.2, 0.25) is 0 Å². The van der Waals surface area contributed by atoms with Crippen molar-refractivity contribution in [3.63, 3.8) is 0 Å². The molecule has 1 unspecified atom stereocenters. The molecule has 0 bridgehead atoms. The Balaban J connectivity index is 1.93. The van der Waals surface area contributed by atoms with Gasteiger partial charge in [-0.25, -0.2) is 28.5 Å². The first kappa shape index (κ1) is 52.2. The number of amides is 4. The van der Waals surface area contributed by atoms with Crippen molar-refractivity contribution in [2.45, 2.75) is 116 Å². The Hall–Kier alpha value is -2.97. The first-order valence-corrected chi connectivity index (χ1v) is 23.1. The normalized spacial score (nSPS) is 19.3. The Morgan fingerprint density at radius 2 is 1.22 bits per heavy atom. The standard InChI is InChI=1S/C35H65N7O14S3/c1-32(2,39-57-36-29(46)55-23-27-25-13-11-9-10-12-14-26(25)27)16-20-56-35(7,8)28(45)42(18-22-54-31(48)38-59(51,52)41-34(5,6)24-44)17-21-53-30(47)37-58(49,50)40-33(3,4)15-19-43/h9-10,25-27,39-41,43-44H,11-24H2,1-8H3,(H,36,46)(H,37,47)(H,38,48)/b10-9-/t25-,26+,27?. The van der Waals surface area contributed by atoms with Crippen molar-refractivity contribution in [2.75, 3.05) is 52.7 Å². The number of aliphatic hydroxyl groups excluding tert-OH is 2. The van der Waals surface area contributed by atoms with Crippen LogP contribution in [0.15, 0.2) is 12.2 Å². The highest BCUT2D eigenvalue weighted by Crippen LogP contribution is 2.52. The largest absolute Gasteiger partial charge is 0.449 e. The molecule has 2 aliphatic carbocycles. The second-order valence-electron chi connectivity index (χ2n) is 16.9. The van der Waals surface area contributed by atoms with Crippen molar-refractivity contribution in [3.05, 3.63) is 12.2 Å². The molecule has 0 aliphatic heterocycles. The van der Waals surface area contributed by atoms with Crippen LogP contribution in [0, 0.1) is 17.8 Å². The zero-order valence-corrected chi connectivity index (χ0v) is 37.7. The van der Waals surface area contributed by atoms with Crippen molar-refractivity contribution >= 4 is 56.7 Å². The van der Waals surface area contributed by atoms with Gasteiger partial charge in [-0.1, -0.05) is 12.2 Å². The molecular weight excluding hydrogens is 839 g/mol. The lowest BCUT2D eigenvalue weighted by Gasteiger charge is -2.33. The molecule has 2 aliphatic rings. The molecule has 0 aromatic carbocycles. The number of nitrogens with one attached hydrogen (secondary N) is 6. The molecule has 0 spiro atoms. The Morgan fingerprint density at radius 1 is 0.712 bits per heavy atom. The number of aliphatic hydroxyl groups is 2. The minimum absolute atomic E-state index is 0.0567. The van der Waals surface area contributed by atoms with Gasteiger partial charge in [0.1, 0.15) is 18.8 Å². The highest BCUT2D eigenvalue weighted by molar-refractivity contribution is 7.96. The van der Waals surface area contributed by atoms with Gasteiger partial charge in [-0.2, -0.15) is 26.3 Å². The Labute approximate surface area is 352 Å². The van der Waals surface area contributed by atoms with Crippen LogP contribution >= 0.6 is 12.1 Å². The second-order valence-corrected chi connectivity index (χ2v) is 20.3. The number of allylic oxidation sites excluding steroid dienone is 2. The molecule has 3 atom stereocenters. The van der Waals surface area contributed by atoms with Crippen molar-refractivity contribution in [1.82, 2.24) is 33.2 Å². The molecule has 2 rings (SSSR count). The van der Waals surface area contributed by atoms with Crippen LogP contribution in [0.1, 0.15) is 93.9 Å². The molecule has 21 nitrogen and oxygen atoms in total. The summed E-state index contributed by atoms with van der Waals surface area (Å²) in [6, 6.07) is 0. The van der Waals surface area contributed by atoms with E-state index in [-0.39, 0.29) is 32.7 Å². The molecule has 0 radical (unpaired) electrons. The van der Waals surface area contributed by atoms with Gasteiger partial charge in [0.15, 0.2) is 0 Å². The molecule has 8 N–H and O–H groups in total. The van der Waals surface area contributed by atoms with Gasteiger partial charge in [-0.3, -0.25) is 9.52 Å². The molecule has 0 heterocycles. The number of hydrogen-bond acceptors (Lipinski definition) is 16. The number of ether oxygens (including phenoxy) is 4. The van der Waals surface area contributed by atoms with Crippen LogP contribution < -0.4 is 28.3 Å². The van der Waals surface area contributed by atoms with Gasteiger partial charge in [0, 0.05) is 36.4 Å². The summed E-state index contributed by atoms with van der Waals surface area (Å²) in [6.45, 7) is 10.3. The predicted octanol–water partition coefficient (Wildman–Crippen LogP) is 1.70. The van der Waals surface area contributed by atoms with E-state index in [1.54, 1.807) is 9.44 Å². The Morgan fingerprint density at radius 3 is 1.71 bits per heavy atom. The van der Waals surface area contributed by atoms with E-state index in [9.17, 15) is 41.1 Å². The molecule has 342 valence electrons. The maximum Gasteiger partial charge on any atom is 0.421 e. The van der Waals surface area contributed by atoms with E-state index in [1.165, 1.54) is 41.5 Å². The van der Waals surface area contributed by atoms with E-state index in [1.807, 2.05) is 13.8 Å². The van der Waals surface area contributed by atoms with E-state index < -0.39 is 86.6 Å². The number of fused-ring (bicyclic) bond motifs is 1.